The first-order valence-corrected chi connectivity index (χ1v) is 5.40. The van der Waals surface area contributed by atoms with Crippen LogP contribution in [-0.4, -0.2) is 18.7 Å². The Morgan fingerprint density at radius 3 is 2.47 bits per heavy atom. The number of anilines is 1. The number of rotatable bonds is 2. The third-order valence-corrected chi connectivity index (χ3v) is 2.33. The molecule has 0 aliphatic rings. The van der Waals surface area contributed by atoms with Gasteiger partial charge in [0.2, 0.25) is 0 Å². The monoisotopic (exact) mass is 242 g/mol. The second-order valence-electron chi connectivity index (χ2n) is 2.69. The normalized spacial score (nSPS) is 12.7. The molecule has 1 heterocycles. The van der Waals surface area contributed by atoms with E-state index in [1.54, 1.807) is 24.3 Å². The maximum absolute atomic E-state index is 10.4. The van der Waals surface area contributed by atoms with Crippen molar-refractivity contribution in [2.24, 2.45) is 0 Å². The molecule has 0 saturated heterocycles. The van der Waals surface area contributed by atoms with Crippen molar-refractivity contribution in [1.82, 2.24) is 9.97 Å². The number of hydrogen-bond acceptors (Lipinski definition) is 4. The van der Waals surface area contributed by atoms with Gasteiger partial charge in [-0.2, -0.15) is 0 Å². The lowest BCUT2D eigenvalue weighted by Gasteiger charge is -2.09. The third-order valence-electron chi connectivity index (χ3n) is 1.71. The van der Waals surface area contributed by atoms with Crippen molar-refractivity contribution >= 4 is 39.7 Å². The average molecular weight is 243 g/mol. The fourth-order valence-corrected chi connectivity index (χ4v) is 1.66. The summed E-state index contributed by atoms with van der Waals surface area (Å²) in [5.41, 5.74) is 1.19. The molecular weight excluding hydrogens is 238 g/mol. The van der Waals surface area contributed by atoms with Gasteiger partial charge in [0.1, 0.15) is 0 Å². The van der Waals surface area contributed by atoms with E-state index in [-0.39, 0.29) is 11.0 Å². The lowest BCUT2D eigenvalue weighted by atomic mass is 10.3. The average Bonchev–Trinajstić information content (AvgIpc) is 2.18. The van der Waals surface area contributed by atoms with Gasteiger partial charge in [0.15, 0.2) is 11.0 Å². The minimum Gasteiger partial charge on any atom is -0.755 e. The van der Waals surface area contributed by atoms with Crippen LogP contribution in [0, 0.1) is 0 Å². The van der Waals surface area contributed by atoms with Crippen LogP contribution in [0.4, 0.5) is 5.82 Å². The van der Waals surface area contributed by atoms with E-state index >= 15 is 0 Å². The molecule has 1 atom stereocenters. The van der Waals surface area contributed by atoms with Crippen LogP contribution in [0.25, 0.3) is 11.0 Å². The van der Waals surface area contributed by atoms with Gasteiger partial charge in [-0.05, 0) is 12.1 Å². The van der Waals surface area contributed by atoms with E-state index in [1.807, 2.05) is 0 Å². The van der Waals surface area contributed by atoms with E-state index in [2.05, 4.69) is 14.7 Å². The van der Waals surface area contributed by atoms with E-state index in [0.29, 0.717) is 11.0 Å². The van der Waals surface area contributed by atoms with Gasteiger partial charge >= 0.3 is 0 Å². The number of halogens is 1. The smallest absolute Gasteiger partial charge is 0.175 e. The molecule has 0 aliphatic heterocycles. The first-order chi connectivity index (χ1) is 7.16. The molecule has 15 heavy (non-hydrogen) atoms. The fraction of sp³-hybridized carbons (Fsp3) is 0. The molecule has 0 amide bonds. The van der Waals surface area contributed by atoms with Gasteiger partial charge in [0, 0.05) is 11.3 Å². The topological polar surface area (TPSA) is 77.9 Å². The Kier molecular flexibility index (Phi) is 2.81. The van der Waals surface area contributed by atoms with Crippen molar-refractivity contribution < 1.29 is 8.76 Å². The van der Waals surface area contributed by atoms with E-state index in [9.17, 15) is 8.76 Å². The van der Waals surface area contributed by atoms with Crippen molar-refractivity contribution in [1.29, 1.82) is 0 Å². The van der Waals surface area contributed by atoms with Crippen LogP contribution in [0.1, 0.15) is 0 Å². The Hall–Kier alpha value is -1.24. The molecule has 1 aromatic carbocycles. The van der Waals surface area contributed by atoms with Crippen LogP contribution in [0.2, 0.25) is 5.15 Å². The summed E-state index contributed by atoms with van der Waals surface area (Å²) in [4.78, 5) is 8.01. The minimum atomic E-state index is -2.46. The molecule has 1 aromatic heterocycles. The molecule has 1 unspecified atom stereocenters. The van der Waals surface area contributed by atoms with E-state index in [1.165, 1.54) is 0 Å². The van der Waals surface area contributed by atoms with Gasteiger partial charge in [0.25, 0.3) is 0 Å². The molecule has 0 aliphatic carbocycles. The van der Waals surface area contributed by atoms with Crippen molar-refractivity contribution in [2.75, 3.05) is 4.72 Å². The van der Waals surface area contributed by atoms with Crippen LogP contribution < -0.4 is 4.72 Å². The fourth-order valence-electron chi connectivity index (χ4n) is 1.12. The van der Waals surface area contributed by atoms with Crippen LogP contribution in [-0.2, 0) is 11.3 Å². The van der Waals surface area contributed by atoms with E-state index < -0.39 is 11.3 Å². The van der Waals surface area contributed by atoms with Crippen LogP contribution in [0.3, 0.4) is 0 Å². The summed E-state index contributed by atoms with van der Waals surface area (Å²) in [5.74, 6) is 0.0312. The lowest BCUT2D eigenvalue weighted by molar-refractivity contribution is 0.542. The zero-order valence-corrected chi connectivity index (χ0v) is 8.88. The highest BCUT2D eigenvalue weighted by molar-refractivity contribution is 7.80. The van der Waals surface area contributed by atoms with Crippen molar-refractivity contribution in [3.63, 3.8) is 0 Å². The number of aromatic nitrogens is 2. The molecule has 0 saturated carbocycles. The molecule has 0 spiro atoms. The van der Waals surface area contributed by atoms with Crippen LogP contribution in [0.5, 0.6) is 0 Å². The summed E-state index contributed by atoms with van der Waals surface area (Å²) in [6.07, 6.45) is 0. The molecule has 1 N–H and O–H groups in total. The summed E-state index contributed by atoms with van der Waals surface area (Å²) < 4.78 is 22.9. The summed E-state index contributed by atoms with van der Waals surface area (Å²) >= 11 is 3.28. The Bertz CT molecular complexity index is 534. The van der Waals surface area contributed by atoms with E-state index in [4.69, 9.17) is 11.6 Å². The van der Waals surface area contributed by atoms with Crippen molar-refractivity contribution in [3.05, 3.63) is 29.4 Å². The lowest BCUT2D eigenvalue weighted by Crippen LogP contribution is -2.05. The molecule has 2 aromatic rings. The first-order valence-electron chi connectivity index (χ1n) is 3.95. The summed E-state index contributed by atoms with van der Waals surface area (Å²) in [6, 6.07) is 7.04. The number of nitrogens with one attached hydrogen (secondary N) is 1. The SMILES string of the molecule is O=S([O-])Nc1nc2ccccc2nc1Cl. The zero-order chi connectivity index (χ0) is 10.8. The number of nitrogens with zero attached hydrogens (tertiary/aromatic N) is 2. The molecule has 0 bridgehead atoms. The van der Waals surface area contributed by atoms with E-state index in [0.717, 1.165) is 0 Å². The van der Waals surface area contributed by atoms with Gasteiger partial charge in [-0.3, -0.25) is 8.93 Å². The van der Waals surface area contributed by atoms with Crippen molar-refractivity contribution in [2.45, 2.75) is 0 Å². The summed E-state index contributed by atoms with van der Waals surface area (Å²) in [6.45, 7) is 0. The molecule has 2 rings (SSSR count). The largest absolute Gasteiger partial charge is 0.755 e. The zero-order valence-electron chi connectivity index (χ0n) is 7.31. The standard InChI is InChI=1S/C8H6ClN3O2S/c9-7-8(12-15(13)14)11-6-4-2-1-3-5(6)10-7/h1-4H,(H,11,12)(H,13,14)/p-1. The highest BCUT2D eigenvalue weighted by atomic mass is 35.5. The third kappa shape index (κ3) is 2.23. The molecule has 78 valence electrons. The quantitative estimate of drug-likeness (QED) is 0.810. The molecule has 0 radical (unpaired) electrons. The Morgan fingerprint density at radius 1 is 1.27 bits per heavy atom. The van der Waals surface area contributed by atoms with Gasteiger partial charge < -0.3 is 4.55 Å². The van der Waals surface area contributed by atoms with Crippen LogP contribution >= 0.6 is 11.6 Å². The minimum absolute atomic E-state index is 0.0258. The summed E-state index contributed by atoms with van der Waals surface area (Å²) in [7, 11) is 0. The van der Waals surface area contributed by atoms with Gasteiger partial charge in [-0.1, -0.05) is 23.7 Å². The Labute approximate surface area is 92.9 Å². The Balaban J connectivity index is 2.56. The number of hydrogen-bond donors (Lipinski definition) is 1. The maximum atomic E-state index is 10.4. The number of benzene rings is 1. The highest BCUT2D eigenvalue weighted by Gasteiger charge is 2.05. The van der Waals surface area contributed by atoms with Gasteiger partial charge in [-0.15, -0.1) is 0 Å². The van der Waals surface area contributed by atoms with Gasteiger partial charge in [-0.25, -0.2) is 9.97 Å². The van der Waals surface area contributed by atoms with Gasteiger partial charge in [0.05, 0.1) is 11.0 Å². The molecule has 0 fully saturated rings. The second-order valence-corrected chi connectivity index (χ2v) is 3.72. The predicted molar refractivity (Wildman–Crippen MR) is 57.1 cm³/mol. The molecule has 5 nitrogen and oxygen atoms in total. The first kappa shape index (κ1) is 10.3. The predicted octanol–water partition coefficient (Wildman–Crippen LogP) is 1.49. The number of fused-ring (bicyclic) bond motifs is 1. The van der Waals surface area contributed by atoms with Crippen molar-refractivity contribution in [3.8, 4) is 0 Å². The Morgan fingerprint density at radius 2 is 1.87 bits per heavy atom. The molecular formula is C8H5ClN3O2S-. The number of para-hydroxylation sites is 2. The molecule has 7 heteroatoms. The second kappa shape index (κ2) is 4.09. The maximum Gasteiger partial charge on any atom is 0.175 e. The highest BCUT2D eigenvalue weighted by Crippen LogP contribution is 2.20. The summed E-state index contributed by atoms with van der Waals surface area (Å²) in [5, 5.41) is 0.0258. The van der Waals surface area contributed by atoms with Crippen LogP contribution in [0.15, 0.2) is 24.3 Å².